The molecule has 1 N–H and O–H groups in total. The number of nitrogens with zero attached hydrogens (tertiary/aromatic N) is 2. The Morgan fingerprint density at radius 3 is 2.45 bits per heavy atom. The summed E-state index contributed by atoms with van der Waals surface area (Å²) in [5.74, 6) is -0.618. The van der Waals surface area contributed by atoms with Crippen LogP contribution in [0.1, 0.15) is 53.3 Å². The van der Waals surface area contributed by atoms with Crippen LogP contribution in [0.25, 0.3) is 0 Å². The third kappa shape index (κ3) is 4.53. The maximum atomic E-state index is 12.8. The molecule has 1 aromatic heterocycles. The SMILES string of the molecule is CCOC(=O)[C@@H](Cc1ccc(C#N)cn1)OC(=O)Nc1c2c(cc3c1CCC3)CCC2. The highest BCUT2D eigenvalue weighted by Gasteiger charge is 2.29. The van der Waals surface area contributed by atoms with Crippen molar-refractivity contribution >= 4 is 17.7 Å². The molecule has 0 spiro atoms. The molecule has 1 amide bonds. The second-order valence-corrected chi connectivity index (χ2v) is 7.86. The van der Waals surface area contributed by atoms with Crippen LogP contribution in [-0.2, 0) is 46.4 Å². The van der Waals surface area contributed by atoms with Gasteiger partial charge in [0, 0.05) is 18.3 Å². The average molecular weight is 419 g/mol. The maximum Gasteiger partial charge on any atom is 0.412 e. The Morgan fingerprint density at radius 1 is 1.16 bits per heavy atom. The highest BCUT2D eigenvalue weighted by molar-refractivity contribution is 5.90. The molecule has 1 aromatic carbocycles. The summed E-state index contributed by atoms with van der Waals surface area (Å²) >= 11 is 0. The van der Waals surface area contributed by atoms with E-state index in [2.05, 4.69) is 16.4 Å². The molecule has 0 fully saturated rings. The molecule has 31 heavy (non-hydrogen) atoms. The minimum atomic E-state index is -1.12. The van der Waals surface area contributed by atoms with Crippen LogP contribution in [0.3, 0.4) is 0 Å². The zero-order chi connectivity index (χ0) is 21.8. The van der Waals surface area contributed by atoms with E-state index in [0.29, 0.717) is 11.3 Å². The number of ether oxygens (including phenoxy) is 2. The van der Waals surface area contributed by atoms with Crippen LogP contribution >= 0.6 is 0 Å². The lowest BCUT2D eigenvalue weighted by molar-refractivity contribution is -0.152. The monoisotopic (exact) mass is 419 g/mol. The molecule has 2 aliphatic rings. The van der Waals surface area contributed by atoms with Crippen molar-refractivity contribution in [2.75, 3.05) is 11.9 Å². The van der Waals surface area contributed by atoms with Crippen molar-refractivity contribution in [2.45, 2.75) is 58.0 Å². The minimum Gasteiger partial charge on any atom is -0.463 e. The van der Waals surface area contributed by atoms with Crippen LogP contribution in [0.5, 0.6) is 0 Å². The zero-order valence-electron chi connectivity index (χ0n) is 17.6. The molecule has 7 heteroatoms. The number of carbonyl (C=O) groups is 2. The van der Waals surface area contributed by atoms with E-state index in [9.17, 15) is 9.59 Å². The first-order chi connectivity index (χ1) is 15.1. The second kappa shape index (κ2) is 9.17. The van der Waals surface area contributed by atoms with Gasteiger partial charge in [-0.25, -0.2) is 9.59 Å². The summed E-state index contributed by atoms with van der Waals surface area (Å²) in [7, 11) is 0. The first-order valence-electron chi connectivity index (χ1n) is 10.7. The van der Waals surface area contributed by atoms with E-state index in [1.807, 2.05) is 6.07 Å². The summed E-state index contributed by atoms with van der Waals surface area (Å²) in [6, 6.07) is 7.55. The number of anilines is 1. The molecule has 160 valence electrons. The number of nitriles is 1. The van der Waals surface area contributed by atoms with Gasteiger partial charge in [0.05, 0.1) is 17.9 Å². The Morgan fingerprint density at radius 2 is 1.87 bits per heavy atom. The van der Waals surface area contributed by atoms with Gasteiger partial charge in [-0.3, -0.25) is 10.3 Å². The van der Waals surface area contributed by atoms with Gasteiger partial charge in [-0.2, -0.15) is 5.26 Å². The Balaban J connectivity index is 1.52. The minimum absolute atomic E-state index is 0.0724. The fourth-order valence-electron chi connectivity index (χ4n) is 4.44. The molecule has 1 atom stereocenters. The molecule has 0 bridgehead atoms. The number of esters is 1. The summed E-state index contributed by atoms with van der Waals surface area (Å²) in [5.41, 5.74) is 6.82. The third-order valence-corrected chi connectivity index (χ3v) is 5.85. The van der Waals surface area contributed by atoms with Gasteiger partial charge in [0.25, 0.3) is 0 Å². The first kappa shape index (κ1) is 20.9. The summed E-state index contributed by atoms with van der Waals surface area (Å²) in [4.78, 5) is 29.4. The number of pyridine rings is 1. The quantitative estimate of drug-likeness (QED) is 0.717. The number of nitrogens with one attached hydrogen (secondary N) is 1. The Hall–Kier alpha value is -3.40. The van der Waals surface area contributed by atoms with E-state index in [-0.39, 0.29) is 13.0 Å². The average Bonchev–Trinajstić information content (AvgIpc) is 3.43. The highest BCUT2D eigenvalue weighted by atomic mass is 16.6. The van der Waals surface area contributed by atoms with Crippen molar-refractivity contribution in [3.63, 3.8) is 0 Å². The van der Waals surface area contributed by atoms with Crippen LogP contribution in [0.15, 0.2) is 24.4 Å². The van der Waals surface area contributed by atoms with Gasteiger partial charge < -0.3 is 9.47 Å². The van der Waals surface area contributed by atoms with Gasteiger partial charge in [0.1, 0.15) is 6.07 Å². The highest BCUT2D eigenvalue weighted by Crippen LogP contribution is 2.38. The fraction of sp³-hybridized carbons (Fsp3) is 0.417. The number of amides is 1. The van der Waals surface area contributed by atoms with Crippen molar-refractivity contribution in [1.82, 2.24) is 4.98 Å². The van der Waals surface area contributed by atoms with Crippen molar-refractivity contribution in [3.05, 3.63) is 57.9 Å². The lowest BCUT2D eigenvalue weighted by atomic mass is 9.99. The van der Waals surface area contributed by atoms with Crippen molar-refractivity contribution in [3.8, 4) is 6.07 Å². The van der Waals surface area contributed by atoms with Gasteiger partial charge in [0.15, 0.2) is 0 Å². The molecule has 0 aliphatic heterocycles. The number of aryl methyl sites for hydroxylation is 2. The number of aromatic nitrogens is 1. The summed E-state index contributed by atoms with van der Waals surface area (Å²) < 4.78 is 10.6. The number of rotatable bonds is 6. The lowest BCUT2D eigenvalue weighted by Gasteiger charge is -2.19. The van der Waals surface area contributed by atoms with E-state index < -0.39 is 18.2 Å². The van der Waals surface area contributed by atoms with Gasteiger partial charge >= 0.3 is 12.1 Å². The van der Waals surface area contributed by atoms with Crippen molar-refractivity contribution in [1.29, 1.82) is 5.26 Å². The lowest BCUT2D eigenvalue weighted by Crippen LogP contribution is -2.33. The Bertz CT molecular complexity index is 1010. The molecule has 0 saturated carbocycles. The van der Waals surface area contributed by atoms with Crippen LogP contribution in [-0.4, -0.2) is 29.8 Å². The van der Waals surface area contributed by atoms with Gasteiger partial charge in [-0.1, -0.05) is 6.07 Å². The normalized spacial score (nSPS) is 14.8. The fourth-order valence-corrected chi connectivity index (χ4v) is 4.44. The third-order valence-electron chi connectivity index (χ3n) is 5.85. The van der Waals surface area contributed by atoms with E-state index in [0.717, 1.165) is 44.2 Å². The van der Waals surface area contributed by atoms with E-state index in [4.69, 9.17) is 14.7 Å². The molecule has 7 nitrogen and oxygen atoms in total. The van der Waals surface area contributed by atoms with Crippen LogP contribution in [0.2, 0.25) is 0 Å². The van der Waals surface area contributed by atoms with Gasteiger partial charge in [-0.15, -0.1) is 0 Å². The molecule has 0 radical (unpaired) electrons. The smallest absolute Gasteiger partial charge is 0.412 e. The molecule has 1 heterocycles. The van der Waals surface area contributed by atoms with E-state index in [1.165, 1.54) is 28.5 Å². The van der Waals surface area contributed by atoms with Crippen molar-refractivity contribution in [2.24, 2.45) is 0 Å². The zero-order valence-corrected chi connectivity index (χ0v) is 17.6. The van der Waals surface area contributed by atoms with E-state index in [1.54, 1.807) is 19.1 Å². The van der Waals surface area contributed by atoms with E-state index >= 15 is 0 Å². The van der Waals surface area contributed by atoms with Crippen LogP contribution < -0.4 is 5.32 Å². The molecule has 0 saturated heterocycles. The standard InChI is InChI=1S/C24H25N3O4/c1-2-30-23(28)21(12-18-10-9-15(13-25)14-26-18)31-24(29)27-22-19-7-3-5-16(19)11-17-6-4-8-20(17)22/h9-11,14,21H,2-8,12H2,1H3,(H,27,29)/t21-/m1/s1. The van der Waals surface area contributed by atoms with Crippen LogP contribution in [0.4, 0.5) is 10.5 Å². The van der Waals surface area contributed by atoms with Crippen LogP contribution in [0, 0.1) is 11.3 Å². The molecule has 2 aliphatic carbocycles. The Labute approximate surface area is 181 Å². The van der Waals surface area contributed by atoms with Crippen molar-refractivity contribution < 1.29 is 19.1 Å². The number of hydrogen-bond acceptors (Lipinski definition) is 6. The predicted octanol–water partition coefficient (Wildman–Crippen LogP) is 3.65. The number of hydrogen-bond donors (Lipinski definition) is 1. The number of benzene rings is 1. The molecular formula is C24H25N3O4. The molecule has 2 aromatic rings. The molecule has 0 unspecified atom stereocenters. The predicted molar refractivity (Wildman–Crippen MR) is 114 cm³/mol. The largest absolute Gasteiger partial charge is 0.463 e. The first-order valence-corrected chi connectivity index (χ1v) is 10.7. The topological polar surface area (TPSA) is 101 Å². The van der Waals surface area contributed by atoms with Gasteiger partial charge in [0.2, 0.25) is 6.10 Å². The Kier molecular flexibility index (Phi) is 6.17. The number of carbonyl (C=O) groups excluding carboxylic acids is 2. The second-order valence-electron chi connectivity index (χ2n) is 7.86. The summed E-state index contributed by atoms with van der Waals surface area (Å²) in [6.07, 6.45) is 5.81. The molecule has 4 rings (SSSR count). The summed E-state index contributed by atoms with van der Waals surface area (Å²) in [5, 5.41) is 11.9. The van der Waals surface area contributed by atoms with Gasteiger partial charge in [-0.05, 0) is 79.8 Å². The number of fused-ring (bicyclic) bond motifs is 2. The maximum absolute atomic E-state index is 12.8. The summed E-state index contributed by atoms with van der Waals surface area (Å²) in [6.45, 7) is 1.88. The molecular weight excluding hydrogens is 394 g/mol.